The van der Waals surface area contributed by atoms with Crippen LogP contribution in [0, 0.1) is 19.5 Å². The number of para-hydroxylation sites is 3. The maximum Gasteiger partial charge on any atom is 0.137 e. The highest BCUT2D eigenvalue weighted by Gasteiger charge is 2.33. The van der Waals surface area contributed by atoms with Gasteiger partial charge in [0.25, 0.3) is 0 Å². The summed E-state index contributed by atoms with van der Waals surface area (Å²) < 4.78 is 78.4. The number of nitrogens with zero attached hydrogens (tertiary/aromatic N) is 4. The van der Waals surface area contributed by atoms with Crippen LogP contribution in [0.25, 0.3) is 61.0 Å². The van der Waals surface area contributed by atoms with Crippen molar-refractivity contribution < 1.29 is 17.4 Å². The van der Waals surface area contributed by atoms with E-state index in [1.54, 1.807) is 30.5 Å². The molecule has 1 aliphatic rings. The van der Waals surface area contributed by atoms with Crippen molar-refractivity contribution in [1.82, 2.24) is 9.55 Å². The standard InChI is InChI=1S/C62H53FN4O/c1-39(2)53-34-45(50-20-10-12-22-55(50)63)35-54(40(3)4)62(53)66-38-65(57-24-14-15-25-58(57)66)47-32-46(61-41(5)30-44(31-42(61)6)43-18-8-7-9-19-43)33-49(36-47)68-48-27-28-52-51-21-11-13-23-56(51)67(59(52)37-48)60-26-16-17-29-64-60/h7-37,39-40H,38H2,1-6H3/i5D3,6D3. The maximum atomic E-state index is 15.5. The van der Waals surface area contributed by atoms with Crippen molar-refractivity contribution in [2.75, 3.05) is 16.5 Å². The van der Waals surface area contributed by atoms with E-state index in [9.17, 15) is 0 Å². The third-order valence-electron chi connectivity index (χ3n) is 13.1. The molecule has 0 saturated carbocycles. The molecule has 0 saturated heterocycles. The Kier molecular flexibility index (Phi) is 9.24. The first-order valence-corrected chi connectivity index (χ1v) is 23.1. The number of aromatic nitrogens is 2. The molecule has 0 N–H and O–H groups in total. The third-order valence-corrected chi connectivity index (χ3v) is 13.1. The van der Waals surface area contributed by atoms with Gasteiger partial charge in [-0.3, -0.25) is 4.57 Å². The summed E-state index contributed by atoms with van der Waals surface area (Å²) in [5.41, 5.74) is 10.3. The molecule has 0 atom stereocenters. The van der Waals surface area contributed by atoms with Gasteiger partial charge in [-0.15, -0.1) is 0 Å². The molecule has 0 bridgehead atoms. The van der Waals surface area contributed by atoms with Crippen molar-refractivity contribution >= 4 is 44.6 Å². The van der Waals surface area contributed by atoms with E-state index in [1.807, 2.05) is 115 Å². The van der Waals surface area contributed by atoms with E-state index in [4.69, 9.17) is 17.9 Å². The average molecular weight is 895 g/mol. The van der Waals surface area contributed by atoms with Crippen LogP contribution in [0.1, 0.15) is 70.0 Å². The lowest BCUT2D eigenvalue weighted by Gasteiger charge is -2.30. The summed E-state index contributed by atoms with van der Waals surface area (Å²) in [6, 6.07) is 57.1. The molecule has 0 spiro atoms. The minimum absolute atomic E-state index is 0.0583. The van der Waals surface area contributed by atoms with E-state index in [0.717, 1.165) is 61.4 Å². The summed E-state index contributed by atoms with van der Waals surface area (Å²) in [5.74, 6) is 1.45. The van der Waals surface area contributed by atoms with Gasteiger partial charge >= 0.3 is 0 Å². The van der Waals surface area contributed by atoms with Crippen molar-refractivity contribution in [2.24, 2.45) is 0 Å². The second kappa shape index (κ2) is 17.4. The van der Waals surface area contributed by atoms with Crippen LogP contribution >= 0.6 is 0 Å². The zero-order valence-electron chi connectivity index (χ0n) is 44.3. The SMILES string of the molecule is [2H]C([2H])([2H])c1cc(-c2ccccc2)cc(C([2H])([2H])[2H])c1-c1cc(Oc2ccc3c4ccccc4n(-c4ccccn4)c3c2)cc(N2CN(c3c(C(C)C)cc(-c4ccccc4F)cc3C(C)C)c3ccccc32)c1. The molecule has 0 aliphatic carbocycles. The normalized spacial score (nSPS) is 14.2. The lowest BCUT2D eigenvalue weighted by Crippen LogP contribution is -2.26. The fourth-order valence-electron chi connectivity index (χ4n) is 9.92. The molecule has 6 heteroatoms. The number of fused-ring (bicyclic) bond motifs is 4. The molecular weight excluding hydrogens is 836 g/mol. The van der Waals surface area contributed by atoms with Gasteiger partial charge in [-0.2, -0.15) is 0 Å². The van der Waals surface area contributed by atoms with E-state index in [0.29, 0.717) is 46.1 Å². The Morgan fingerprint density at radius 2 is 1.21 bits per heavy atom. The van der Waals surface area contributed by atoms with Crippen LogP contribution in [0.15, 0.2) is 188 Å². The minimum atomic E-state index is -2.71. The van der Waals surface area contributed by atoms with E-state index in [1.165, 1.54) is 6.07 Å². The molecule has 68 heavy (non-hydrogen) atoms. The van der Waals surface area contributed by atoms with Crippen molar-refractivity contribution in [3.05, 3.63) is 216 Å². The molecular formula is C62H53FN4O. The largest absolute Gasteiger partial charge is 0.457 e. The molecule has 5 nitrogen and oxygen atoms in total. The third kappa shape index (κ3) is 7.56. The summed E-state index contributed by atoms with van der Waals surface area (Å²) in [5, 5.41) is 2.06. The number of anilines is 4. The Morgan fingerprint density at radius 3 is 1.91 bits per heavy atom. The van der Waals surface area contributed by atoms with Crippen LogP contribution in [-0.4, -0.2) is 16.2 Å². The first kappa shape index (κ1) is 36.2. The molecule has 1 aliphatic heterocycles. The number of hydrogen-bond acceptors (Lipinski definition) is 4. The highest BCUT2D eigenvalue weighted by molar-refractivity contribution is 6.09. The summed E-state index contributed by atoms with van der Waals surface area (Å²) in [4.78, 5) is 9.19. The van der Waals surface area contributed by atoms with Crippen LogP contribution in [0.3, 0.4) is 0 Å². The number of hydrogen-bond donors (Lipinski definition) is 0. The molecule has 0 radical (unpaired) electrons. The van der Waals surface area contributed by atoms with Crippen LogP contribution in [-0.2, 0) is 0 Å². The monoisotopic (exact) mass is 894 g/mol. The molecule has 334 valence electrons. The topological polar surface area (TPSA) is 33.5 Å². The Morgan fingerprint density at radius 1 is 0.544 bits per heavy atom. The van der Waals surface area contributed by atoms with Gasteiger partial charge < -0.3 is 14.5 Å². The van der Waals surface area contributed by atoms with E-state index < -0.39 is 13.7 Å². The van der Waals surface area contributed by atoms with E-state index in [-0.39, 0.29) is 34.3 Å². The van der Waals surface area contributed by atoms with Crippen molar-refractivity contribution in [1.29, 1.82) is 0 Å². The quantitative estimate of drug-likeness (QED) is 0.137. The number of aryl methyl sites for hydroxylation is 2. The molecule has 11 rings (SSSR count). The Labute approximate surface area is 406 Å². The van der Waals surface area contributed by atoms with Gasteiger partial charge in [0.05, 0.1) is 22.4 Å². The van der Waals surface area contributed by atoms with Crippen molar-refractivity contribution in [3.63, 3.8) is 0 Å². The van der Waals surface area contributed by atoms with Crippen LogP contribution in [0.2, 0.25) is 0 Å². The van der Waals surface area contributed by atoms with Crippen molar-refractivity contribution in [3.8, 4) is 50.7 Å². The fourth-order valence-corrected chi connectivity index (χ4v) is 9.92. The predicted octanol–water partition coefficient (Wildman–Crippen LogP) is 17.2. The fraction of sp³-hybridized carbons (Fsp3) is 0.145. The molecule has 0 unspecified atom stereocenters. The van der Waals surface area contributed by atoms with Crippen molar-refractivity contribution in [2.45, 2.75) is 53.2 Å². The summed E-state index contributed by atoms with van der Waals surface area (Å²) >= 11 is 0. The molecule has 8 aromatic carbocycles. The van der Waals surface area contributed by atoms with Gasteiger partial charge in [0.1, 0.15) is 29.8 Å². The smallest absolute Gasteiger partial charge is 0.137 e. The van der Waals surface area contributed by atoms with Crippen LogP contribution < -0.4 is 14.5 Å². The zero-order chi connectivity index (χ0) is 51.6. The highest BCUT2D eigenvalue weighted by Crippen LogP contribution is 2.51. The first-order valence-electron chi connectivity index (χ1n) is 26.1. The van der Waals surface area contributed by atoms with E-state index >= 15 is 4.39 Å². The zero-order valence-corrected chi connectivity index (χ0v) is 38.3. The van der Waals surface area contributed by atoms with Crippen LogP contribution in [0.4, 0.5) is 27.1 Å². The number of halogens is 1. The van der Waals surface area contributed by atoms with Gasteiger partial charge in [-0.25, -0.2) is 9.37 Å². The molecule has 2 aromatic heterocycles. The van der Waals surface area contributed by atoms with Gasteiger partial charge in [-0.05, 0) is 148 Å². The number of ether oxygens (including phenoxy) is 1. The second-order valence-corrected chi connectivity index (χ2v) is 18.1. The first-order chi connectivity index (χ1) is 35.5. The summed E-state index contributed by atoms with van der Waals surface area (Å²) in [6.07, 6.45) is 1.77. The minimum Gasteiger partial charge on any atom is -0.457 e. The Bertz CT molecular complexity index is 3690. The molecule has 0 fully saturated rings. The average Bonchev–Trinajstić information content (AvgIpc) is 3.95. The lowest BCUT2D eigenvalue weighted by molar-refractivity contribution is 0.483. The number of benzene rings is 8. The Hall–Kier alpha value is -7.96. The van der Waals surface area contributed by atoms with Crippen LogP contribution in [0.5, 0.6) is 11.5 Å². The van der Waals surface area contributed by atoms with Gasteiger partial charge in [0.2, 0.25) is 0 Å². The second-order valence-electron chi connectivity index (χ2n) is 18.1. The lowest BCUT2D eigenvalue weighted by atomic mass is 9.87. The molecule has 0 amide bonds. The predicted molar refractivity (Wildman–Crippen MR) is 281 cm³/mol. The van der Waals surface area contributed by atoms with Gasteiger partial charge in [-0.1, -0.05) is 125 Å². The maximum absolute atomic E-state index is 15.5. The number of rotatable bonds is 10. The number of pyridine rings is 1. The summed E-state index contributed by atoms with van der Waals surface area (Å²) in [7, 11) is 0. The molecule has 3 heterocycles. The molecule has 10 aromatic rings. The summed E-state index contributed by atoms with van der Waals surface area (Å²) in [6.45, 7) is 3.53. The van der Waals surface area contributed by atoms with Gasteiger partial charge in [0.15, 0.2) is 0 Å². The van der Waals surface area contributed by atoms with Gasteiger partial charge in [0, 0.05) is 54.3 Å². The highest BCUT2D eigenvalue weighted by atomic mass is 19.1. The van der Waals surface area contributed by atoms with E-state index in [2.05, 4.69) is 78.5 Å². The Balaban J connectivity index is 1.13.